The van der Waals surface area contributed by atoms with Crippen molar-refractivity contribution >= 4 is 43.6 Å². The van der Waals surface area contributed by atoms with Gasteiger partial charge < -0.3 is 10.3 Å². The summed E-state index contributed by atoms with van der Waals surface area (Å²) < 4.78 is 1.10. The summed E-state index contributed by atoms with van der Waals surface area (Å²) in [5.41, 5.74) is 3.01. The number of rotatable bonds is 4. The summed E-state index contributed by atoms with van der Waals surface area (Å²) in [6.45, 7) is 2.59. The first-order chi connectivity index (χ1) is 13.7. The van der Waals surface area contributed by atoms with Gasteiger partial charge in [0.25, 0.3) is 0 Å². The van der Waals surface area contributed by atoms with E-state index in [4.69, 9.17) is 0 Å². The number of piperidine rings is 1. The van der Waals surface area contributed by atoms with Gasteiger partial charge in [-0.2, -0.15) is 0 Å². The van der Waals surface area contributed by atoms with Crippen LogP contribution in [0.2, 0.25) is 0 Å². The largest absolute Gasteiger partial charge is 0.341 e. The summed E-state index contributed by atoms with van der Waals surface area (Å²) in [6, 6.07) is 16.0. The molecule has 1 amide bonds. The van der Waals surface area contributed by atoms with Crippen molar-refractivity contribution in [2.75, 3.05) is 18.4 Å². The van der Waals surface area contributed by atoms with Crippen molar-refractivity contribution in [3.05, 3.63) is 54.4 Å². The monoisotopic (exact) mass is 391 g/mol. The molecule has 1 saturated heterocycles. The molecule has 7 heteroatoms. The topological polar surface area (TPSA) is 73.9 Å². The number of aromatic nitrogens is 3. The lowest BCUT2D eigenvalue weighted by atomic mass is 9.96. The number of para-hydroxylation sites is 3. The normalized spacial score (nSPS) is 16.0. The maximum atomic E-state index is 12.6. The highest BCUT2D eigenvalue weighted by Crippen LogP contribution is 2.27. The first-order valence-electron chi connectivity index (χ1n) is 9.57. The molecule has 0 spiro atoms. The number of H-pyrrole nitrogens is 1. The average molecular weight is 392 g/mol. The zero-order chi connectivity index (χ0) is 18.9. The highest BCUT2D eigenvalue weighted by atomic mass is 32.1. The second kappa shape index (κ2) is 7.33. The van der Waals surface area contributed by atoms with Crippen LogP contribution in [0, 0.1) is 5.92 Å². The van der Waals surface area contributed by atoms with E-state index in [2.05, 4.69) is 25.2 Å². The van der Waals surface area contributed by atoms with Crippen molar-refractivity contribution in [3.63, 3.8) is 0 Å². The van der Waals surface area contributed by atoms with Gasteiger partial charge in [-0.05, 0) is 50.2 Å². The third kappa shape index (κ3) is 3.50. The number of carbonyl (C=O) groups is 1. The molecule has 2 aromatic carbocycles. The Morgan fingerprint density at radius 2 is 1.82 bits per heavy atom. The number of fused-ring (bicyclic) bond motifs is 2. The van der Waals surface area contributed by atoms with Crippen molar-refractivity contribution in [2.45, 2.75) is 19.4 Å². The number of aromatic amines is 1. The molecule has 5 rings (SSSR count). The molecule has 4 aromatic rings. The standard InChI is InChI=1S/C21H21N5OS/c27-20(25-21-24-17-7-3-4-8-18(17)28-21)14-9-11-26(12-10-14)13-19-22-15-5-1-2-6-16(15)23-19/h1-8,14H,9-13H2,(H,22,23)(H,24,25,27). The van der Waals surface area contributed by atoms with Gasteiger partial charge in [-0.3, -0.25) is 9.69 Å². The van der Waals surface area contributed by atoms with Crippen LogP contribution in [0.1, 0.15) is 18.7 Å². The molecule has 3 heterocycles. The van der Waals surface area contributed by atoms with Gasteiger partial charge >= 0.3 is 0 Å². The summed E-state index contributed by atoms with van der Waals surface area (Å²) >= 11 is 1.53. The summed E-state index contributed by atoms with van der Waals surface area (Å²) in [5, 5.41) is 3.71. The Balaban J connectivity index is 1.17. The van der Waals surface area contributed by atoms with Gasteiger partial charge in [0.05, 0.1) is 27.8 Å². The molecule has 28 heavy (non-hydrogen) atoms. The Morgan fingerprint density at radius 1 is 1.07 bits per heavy atom. The van der Waals surface area contributed by atoms with Gasteiger partial charge in [0.1, 0.15) is 5.82 Å². The van der Waals surface area contributed by atoms with Gasteiger partial charge in [0.2, 0.25) is 5.91 Å². The SMILES string of the molecule is O=C(Nc1nc2ccccc2s1)C1CCN(Cc2nc3ccccc3[nH]2)CC1. The van der Waals surface area contributed by atoms with Crippen LogP contribution in [-0.2, 0) is 11.3 Å². The number of amides is 1. The summed E-state index contributed by atoms with van der Waals surface area (Å²) in [5.74, 6) is 1.11. The Bertz CT molecular complexity index is 1060. The number of benzene rings is 2. The first-order valence-corrected chi connectivity index (χ1v) is 10.4. The third-order valence-electron chi connectivity index (χ3n) is 5.29. The third-order valence-corrected chi connectivity index (χ3v) is 6.25. The number of nitrogens with zero attached hydrogens (tertiary/aromatic N) is 3. The molecule has 1 fully saturated rings. The number of imidazole rings is 1. The summed E-state index contributed by atoms with van der Waals surface area (Å²) in [7, 11) is 0. The second-order valence-corrected chi connectivity index (χ2v) is 8.26. The van der Waals surface area contributed by atoms with E-state index in [-0.39, 0.29) is 11.8 Å². The van der Waals surface area contributed by atoms with Gasteiger partial charge in [-0.15, -0.1) is 0 Å². The van der Waals surface area contributed by atoms with Crippen LogP contribution in [0.25, 0.3) is 21.3 Å². The number of likely N-dealkylation sites (tertiary alicyclic amines) is 1. The minimum atomic E-state index is 0.0407. The average Bonchev–Trinajstić information content (AvgIpc) is 3.31. The molecule has 1 aliphatic heterocycles. The molecule has 1 aliphatic rings. The highest BCUT2D eigenvalue weighted by molar-refractivity contribution is 7.22. The number of carbonyl (C=O) groups excluding carboxylic acids is 1. The van der Waals surface area contributed by atoms with Crippen LogP contribution < -0.4 is 5.32 Å². The van der Waals surface area contributed by atoms with Crippen LogP contribution >= 0.6 is 11.3 Å². The molecule has 2 aromatic heterocycles. The predicted molar refractivity (Wildman–Crippen MR) is 112 cm³/mol. The molecule has 0 aliphatic carbocycles. The van der Waals surface area contributed by atoms with Gasteiger partial charge in [0.15, 0.2) is 5.13 Å². The molecule has 0 atom stereocenters. The van der Waals surface area contributed by atoms with Gasteiger partial charge in [0, 0.05) is 5.92 Å². The first kappa shape index (κ1) is 17.3. The van der Waals surface area contributed by atoms with Crippen LogP contribution in [0.3, 0.4) is 0 Å². The zero-order valence-electron chi connectivity index (χ0n) is 15.4. The van der Waals surface area contributed by atoms with Crippen molar-refractivity contribution in [1.29, 1.82) is 0 Å². The summed E-state index contributed by atoms with van der Waals surface area (Å²) in [6.07, 6.45) is 1.72. The lowest BCUT2D eigenvalue weighted by Gasteiger charge is -2.30. The minimum absolute atomic E-state index is 0.0407. The van der Waals surface area contributed by atoms with E-state index in [1.54, 1.807) is 0 Å². The molecular formula is C21H21N5OS. The molecule has 0 unspecified atom stereocenters. The summed E-state index contributed by atoms with van der Waals surface area (Å²) in [4.78, 5) is 27.5. The maximum Gasteiger partial charge on any atom is 0.229 e. The lowest BCUT2D eigenvalue weighted by molar-refractivity contribution is -0.121. The molecule has 0 radical (unpaired) electrons. The fourth-order valence-corrected chi connectivity index (χ4v) is 4.65. The van der Waals surface area contributed by atoms with E-state index in [1.165, 1.54) is 11.3 Å². The molecule has 6 nitrogen and oxygen atoms in total. The van der Waals surface area contributed by atoms with E-state index in [1.807, 2.05) is 48.5 Å². The molecule has 0 bridgehead atoms. The van der Waals surface area contributed by atoms with Crippen molar-refractivity contribution < 1.29 is 4.79 Å². The Hall–Kier alpha value is -2.77. The molecule has 0 saturated carbocycles. The quantitative estimate of drug-likeness (QED) is 0.551. The van der Waals surface area contributed by atoms with Crippen LogP contribution in [0.4, 0.5) is 5.13 Å². The van der Waals surface area contributed by atoms with Gasteiger partial charge in [-0.25, -0.2) is 9.97 Å². The van der Waals surface area contributed by atoms with E-state index >= 15 is 0 Å². The van der Waals surface area contributed by atoms with E-state index < -0.39 is 0 Å². The number of hydrogen-bond acceptors (Lipinski definition) is 5. The van der Waals surface area contributed by atoms with Crippen molar-refractivity contribution in [1.82, 2.24) is 19.9 Å². The van der Waals surface area contributed by atoms with Gasteiger partial charge in [-0.1, -0.05) is 35.6 Å². The number of hydrogen-bond donors (Lipinski definition) is 2. The van der Waals surface area contributed by atoms with Crippen molar-refractivity contribution in [3.8, 4) is 0 Å². The zero-order valence-corrected chi connectivity index (χ0v) is 16.2. The fraction of sp³-hybridized carbons (Fsp3) is 0.286. The fourth-order valence-electron chi connectivity index (χ4n) is 3.78. The molecule has 142 valence electrons. The Labute approximate surface area is 166 Å². The highest BCUT2D eigenvalue weighted by Gasteiger charge is 2.26. The molecule has 2 N–H and O–H groups in total. The number of nitrogens with one attached hydrogen (secondary N) is 2. The Kier molecular flexibility index (Phi) is 4.54. The Morgan fingerprint density at radius 3 is 2.61 bits per heavy atom. The minimum Gasteiger partial charge on any atom is -0.341 e. The lowest BCUT2D eigenvalue weighted by Crippen LogP contribution is -2.38. The second-order valence-electron chi connectivity index (χ2n) is 7.23. The maximum absolute atomic E-state index is 12.6. The van der Waals surface area contributed by atoms with E-state index in [0.717, 1.165) is 59.6 Å². The number of anilines is 1. The smallest absolute Gasteiger partial charge is 0.229 e. The predicted octanol–water partition coefficient (Wildman–Crippen LogP) is 4.02. The number of thiazole rings is 1. The van der Waals surface area contributed by atoms with Crippen molar-refractivity contribution in [2.24, 2.45) is 5.92 Å². The van der Waals surface area contributed by atoms with E-state index in [0.29, 0.717) is 5.13 Å². The van der Waals surface area contributed by atoms with Crippen LogP contribution in [0.5, 0.6) is 0 Å². The van der Waals surface area contributed by atoms with Crippen LogP contribution in [0.15, 0.2) is 48.5 Å². The molecular weight excluding hydrogens is 370 g/mol. The van der Waals surface area contributed by atoms with E-state index in [9.17, 15) is 4.79 Å². The van der Waals surface area contributed by atoms with Crippen LogP contribution in [-0.4, -0.2) is 38.8 Å².